The third-order valence-corrected chi connectivity index (χ3v) is 6.37. The number of carbonyl (C=O) groups is 3. The lowest BCUT2D eigenvalue weighted by atomic mass is 10.0. The highest BCUT2D eigenvalue weighted by Crippen LogP contribution is 2.64. The average molecular weight is 396 g/mol. The molecule has 2 N–H and O–H groups in total. The van der Waals surface area contributed by atoms with Gasteiger partial charge in [0.25, 0.3) is 0 Å². The third-order valence-electron chi connectivity index (χ3n) is 6.37. The smallest absolute Gasteiger partial charge is 0.408 e. The molecule has 2 saturated heterocycles. The summed E-state index contributed by atoms with van der Waals surface area (Å²) in [7, 11) is 0. The first-order valence-electron chi connectivity index (χ1n) is 10.2. The van der Waals surface area contributed by atoms with Gasteiger partial charge in [-0.3, -0.25) is 4.79 Å². The van der Waals surface area contributed by atoms with Gasteiger partial charge in [0.1, 0.15) is 17.7 Å². The predicted molar refractivity (Wildman–Crippen MR) is 103 cm³/mol. The summed E-state index contributed by atoms with van der Waals surface area (Å²) in [6, 6.07) is -1.63. The summed E-state index contributed by atoms with van der Waals surface area (Å²) in [5.74, 6) is -1.12. The molecule has 158 valence electrons. The number of carbonyl (C=O) groups excluding carboxylic acids is 2. The molecule has 1 aliphatic carbocycles. The van der Waals surface area contributed by atoms with E-state index in [0.717, 1.165) is 25.9 Å². The largest absolute Gasteiger partial charge is 0.480 e. The normalized spacial score (nSPS) is 29.9. The number of nitrogens with zero attached hydrogens (tertiary/aromatic N) is 2. The minimum Gasteiger partial charge on any atom is -0.480 e. The Bertz CT molecular complexity index is 651. The number of piperidine rings is 1. The quantitative estimate of drug-likeness (QED) is 0.733. The third kappa shape index (κ3) is 4.11. The molecule has 0 aromatic rings. The van der Waals surface area contributed by atoms with E-state index < -0.39 is 29.7 Å². The molecule has 2 amide bonds. The SMILES string of the molecule is CC(C)(C)OC(=O)N[C@@H](CN1CCCC1)C(=O)N1C[C@H]2[C@@H]([C@H]1C(=O)O)C2(C)C. The van der Waals surface area contributed by atoms with E-state index in [0.29, 0.717) is 13.1 Å². The molecule has 2 heterocycles. The molecular weight excluding hydrogens is 362 g/mol. The molecule has 0 radical (unpaired) electrons. The predicted octanol–water partition coefficient (Wildman–Crippen LogP) is 1.54. The van der Waals surface area contributed by atoms with Gasteiger partial charge in [0, 0.05) is 19.0 Å². The maximum Gasteiger partial charge on any atom is 0.408 e. The lowest BCUT2D eigenvalue weighted by molar-refractivity contribution is -0.151. The Kier molecular flexibility index (Phi) is 5.38. The van der Waals surface area contributed by atoms with Gasteiger partial charge in [-0.1, -0.05) is 13.8 Å². The van der Waals surface area contributed by atoms with Gasteiger partial charge in [-0.15, -0.1) is 0 Å². The Hall–Kier alpha value is -1.83. The Morgan fingerprint density at radius 2 is 1.82 bits per heavy atom. The first kappa shape index (κ1) is 20.9. The van der Waals surface area contributed by atoms with Crippen LogP contribution in [0.3, 0.4) is 0 Å². The number of rotatable bonds is 5. The first-order valence-corrected chi connectivity index (χ1v) is 10.2. The van der Waals surface area contributed by atoms with E-state index in [4.69, 9.17) is 4.74 Å². The van der Waals surface area contributed by atoms with Gasteiger partial charge in [0.05, 0.1) is 0 Å². The molecule has 0 bridgehead atoms. The van der Waals surface area contributed by atoms with E-state index in [1.54, 1.807) is 20.8 Å². The molecule has 0 unspecified atom stereocenters. The molecule has 8 heteroatoms. The molecular formula is C20H33N3O5. The zero-order chi connectivity index (χ0) is 20.9. The number of carboxylic acid groups (broad SMARTS) is 1. The van der Waals surface area contributed by atoms with E-state index >= 15 is 0 Å². The molecule has 0 spiro atoms. The summed E-state index contributed by atoms with van der Waals surface area (Å²) in [4.78, 5) is 41.1. The number of aliphatic carboxylic acids is 1. The number of amides is 2. The maximum absolute atomic E-state index is 13.3. The number of nitrogens with one attached hydrogen (secondary N) is 1. The number of hydrogen-bond acceptors (Lipinski definition) is 5. The lowest BCUT2D eigenvalue weighted by Crippen LogP contribution is -2.57. The molecule has 4 atom stereocenters. The van der Waals surface area contributed by atoms with Gasteiger partial charge in [-0.2, -0.15) is 0 Å². The average Bonchev–Trinajstić information content (AvgIpc) is 2.99. The lowest BCUT2D eigenvalue weighted by Gasteiger charge is -2.33. The van der Waals surface area contributed by atoms with Crippen molar-refractivity contribution in [2.75, 3.05) is 26.2 Å². The van der Waals surface area contributed by atoms with Crippen molar-refractivity contribution < 1.29 is 24.2 Å². The Morgan fingerprint density at radius 1 is 1.21 bits per heavy atom. The van der Waals surface area contributed by atoms with Crippen LogP contribution in [-0.4, -0.2) is 76.7 Å². The second kappa shape index (κ2) is 7.21. The second-order valence-electron chi connectivity index (χ2n) is 9.93. The zero-order valence-electron chi connectivity index (χ0n) is 17.5. The van der Waals surface area contributed by atoms with E-state index in [9.17, 15) is 19.5 Å². The van der Waals surface area contributed by atoms with Crippen LogP contribution in [-0.2, 0) is 14.3 Å². The molecule has 0 aromatic heterocycles. The second-order valence-corrected chi connectivity index (χ2v) is 9.93. The van der Waals surface area contributed by atoms with E-state index in [1.165, 1.54) is 4.90 Å². The number of carboxylic acids is 1. The van der Waals surface area contributed by atoms with Crippen molar-refractivity contribution in [2.24, 2.45) is 17.3 Å². The van der Waals surface area contributed by atoms with Crippen molar-refractivity contribution in [1.29, 1.82) is 0 Å². The fourth-order valence-electron chi connectivity index (χ4n) is 4.85. The van der Waals surface area contributed by atoms with Gasteiger partial charge in [-0.05, 0) is 58.0 Å². The van der Waals surface area contributed by atoms with Crippen molar-refractivity contribution >= 4 is 18.0 Å². The van der Waals surface area contributed by atoms with Crippen LogP contribution in [0.2, 0.25) is 0 Å². The van der Waals surface area contributed by atoms with Crippen molar-refractivity contribution in [3.05, 3.63) is 0 Å². The minimum atomic E-state index is -0.969. The Balaban J connectivity index is 1.74. The van der Waals surface area contributed by atoms with Crippen LogP contribution >= 0.6 is 0 Å². The van der Waals surface area contributed by atoms with E-state index in [1.807, 2.05) is 0 Å². The number of fused-ring (bicyclic) bond motifs is 1. The molecule has 3 fully saturated rings. The fourth-order valence-corrected chi connectivity index (χ4v) is 4.85. The molecule has 3 aliphatic rings. The first-order chi connectivity index (χ1) is 12.9. The van der Waals surface area contributed by atoms with Crippen LogP contribution in [0.1, 0.15) is 47.5 Å². The zero-order valence-corrected chi connectivity index (χ0v) is 17.5. The molecule has 1 saturated carbocycles. The standard InChI is InChI=1S/C20H33N3O5/c1-19(2,3)28-18(27)21-13(11-22-8-6-7-9-22)16(24)23-10-12-14(20(12,4)5)15(23)17(25)26/h12-15H,6-11H2,1-5H3,(H,21,27)(H,25,26)/t12-,13-,14-,15-/m0/s1. The summed E-state index contributed by atoms with van der Waals surface area (Å²) in [6.07, 6.45) is 1.47. The van der Waals surface area contributed by atoms with E-state index in [2.05, 4.69) is 24.1 Å². The highest BCUT2D eigenvalue weighted by atomic mass is 16.6. The summed E-state index contributed by atoms with van der Waals surface area (Å²) in [5.41, 5.74) is -0.725. The van der Waals surface area contributed by atoms with Gasteiger partial charge >= 0.3 is 12.1 Å². The fraction of sp³-hybridized carbons (Fsp3) is 0.850. The maximum atomic E-state index is 13.3. The number of hydrogen-bond donors (Lipinski definition) is 2. The number of ether oxygens (including phenoxy) is 1. The topological polar surface area (TPSA) is 99.2 Å². The van der Waals surface area contributed by atoms with E-state index in [-0.39, 0.29) is 23.2 Å². The molecule has 3 rings (SSSR count). The molecule has 8 nitrogen and oxygen atoms in total. The summed E-state index contributed by atoms with van der Waals surface area (Å²) in [5, 5.41) is 12.4. The van der Waals surface area contributed by atoms with Gasteiger partial charge < -0.3 is 25.0 Å². The summed E-state index contributed by atoms with van der Waals surface area (Å²) in [6.45, 7) is 12.0. The number of alkyl carbamates (subject to hydrolysis) is 1. The minimum absolute atomic E-state index is 0.0251. The summed E-state index contributed by atoms with van der Waals surface area (Å²) < 4.78 is 5.33. The van der Waals surface area contributed by atoms with Crippen LogP contribution in [0.15, 0.2) is 0 Å². The Labute approximate surface area is 166 Å². The van der Waals surface area contributed by atoms with Gasteiger partial charge in [0.15, 0.2) is 0 Å². The monoisotopic (exact) mass is 395 g/mol. The van der Waals surface area contributed by atoms with Crippen LogP contribution in [0.5, 0.6) is 0 Å². The Morgan fingerprint density at radius 3 is 2.36 bits per heavy atom. The number of likely N-dealkylation sites (tertiary alicyclic amines) is 2. The van der Waals surface area contributed by atoms with Gasteiger partial charge in [0.2, 0.25) is 5.91 Å². The van der Waals surface area contributed by atoms with Crippen LogP contribution in [0, 0.1) is 17.3 Å². The van der Waals surface area contributed by atoms with Crippen molar-refractivity contribution in [1.82, 2.24) is 15.1 Å². The molecule has 2 aliphatic heterocycles. The van der Waals surface area contributed by atoms with Crippen molar-refractivity contribution in [2.45, 2.75) is 65.1 Å². The highest BCUT2D eigenvalue weighted by molar-refractivity contribution is 5.91. The van der Waals surface area contributed by atoms with Crippen LogP contribution in [0.25, 0.3) is 0 Å². The molecule has 28 heavy (non-hydrogen) atoms. The van der Waals surface area contributed by atoms with Crippen molar-refractivity contribution in [3.63, 3.8) is 0 Å². The van der Waals surface area contributed by atoms with Crippen LogP contribution in [0.4, 0.5) is 4.79 Å². The molecule has 0 aromatic carbocycles. The summed E-state index contributed by atoms with van der Waals surface area (Å²) >= 11 is 0. The van der Waals surface area contributed by atoms with Gasteiger partial charge in [-0.25, -0.2) is 9.59 Å². The highest BCUT2D eigenvalue weighted by Gasteiger charge is 2.69. The van der Waals surface area contributed by atoms with Crippen LogP contribution < -0.4 is 5.32 Å². The van der Waals surface area contributed by atoms with Crippen molar-refractivity contribution in [3.8, 4) is 0 Å².